The molecule has 0 saturated carbocycles. The van der Waals surface area contributed by atoms with Crippen molar-refractivity contribution in [3.8, 4) is 12.1 Å². The van der Waals surface area contributed by atoms with Crippen molar-refractivity contribution in [2.24, 2.45) is 9.98 Å². The van der Waals surface area contributed by atoms with Crippen LogP contribution in [0.4, 0.5) is 22.0 Å². The number of carbonyl (C=O) groups is 1. The van der Waals surface area contributed by atoms with Crippen LogP contribution in [0.3, 0.4) is 0 Å². The molecule has 11 heteroatoms. The van der Waals surface area contributed by atoms with Crippen molar-refractivity contribution in [3.05, 3.63) is 0 Å². The molecular weight excluding hydrogens is 279 g/mol. The second kappa shape index (κ2) is 3.98. The number of alkyl halides is 5. The van der Waals surface area contributed by atoms with Crippen LogP contribution in [-0.4, -0.2) is 40.3 Å². The number of halogens is 5. The number of hydrogen-bond donors (Lipinski definition) is 1. The molecule has 0 saturated heterocycles. The number of carboxylic acid groups (broad SMARTS) is 1. The molecule has 0 aromatic carbocycles. The summed E-state index contributed by atoms with van der Waals surface area (Å²) in [6, 6.07) is 1.64. The van der Waals surface area contributed by atoms with E-state index in [0.29, 0.717) is 0 Å². The third-order valence-corrected chi connectivity index (χ3v) is 2.00. The minimum absolute atomic E-state index is 0.818. The second-order valence-corrected chi connectivity index (χ2v) is 3.21. The molecule has 19 heavy (non-hydrogen) atoms. The zero-order valence-electron chi connectivity index (χ0n) is 8.53. The van der Waals surface area contributed by atoms with E-state index in [4.69, 9.17) is 15.6 Å². The van der Waals surface area contributed by atoms with Gasteiger partial charge in [0.25, 0.3) is 5.54 Å². The molecule has 0 unspecified atom stereocenters. The van der Waals surface area contributed by atoms with E-state index in [-0.39, 0.29) is 0 Å². The summed E-state index contributed by atoms with van der Waals surface area (Å²) < 4.78 is 62.8. The molecule has 6 nitrogen and oxygen atoms in total. The van der Waals surface area contributed by atoms with Crippen molar-refractivity contribution < 1.29 is 31.9 Å². The van der Waals surface area contributed by atoms with Crippen LogP contribution in [0, 0.1) is 22.7 Å². The molecule has 0 fully saturated rings. The lowest BCUT2D eigenvalue weighted by Crippen LogP contribution is -2.52. The lowest BCUT2D eigenvalue weighted by atomic mass is 9.93. The predicted octanol–water partition coefficient (Wildman–Crippen LogP) is 0.908. The van der Waals surface area contributed by atoms with Crippen LogP contribution in [-0.2, 0) is 4.79 Å². The summed E-state index contributed by atoms with van der Waals surface area (Å²) in [5, 5.41) is 25.6. The van der Waals surface area contributed by atoms with Gasteiger partial charge in [-0.05, 0) is 0 Å². The highest BCUT2D eigenvalue weighted by Gasteiger charge is 2.68. The average molecular weight is 280 g/mol. The van der Waals surface area contributed by atoms with E-state index in [0.717, 1.165) is 12.1 Å². The summed E-state index contributed by atoms with van der Waals surface area (Å²) in [6.45, 7) is 0. The molecule has 100 valence electrons. The number of nitrogens with zero attached hydrogens (tertiary/aromatic N) is 4. The maximum Gasteiger partial charge on any atom is 0.459 e. The van der Waals surface area contributed by atoms with Gasteiger partial charge in [0.05, 0.1) is 0 Å². The fourth-order valence-corrected chi connectivity index (χ4v) is 1.13. The fourth-order valence-electron chi connectivity index (χ4n) is 1.13. The van der Waals surface area contributed by atoms with Gasteiger partial charge < -0.3 is 5.11 Å². The maximum atomic E-state index is 13.1. The Morgan fingerprint density at radius 3 is 2.00 bits per heavy atom. The van der Waals surface area contributed by atoms with Gasteiger partial charge in [-0.25, -0.2) is 14.8 Å². The van der Waals surface area contributed by atoms with Crippen molar-refractivity contribution >= 4 is 17.5 Å². The molecule has 1 heterocycles. The number of rotatable bonds is 2. The summed E-state index contributed by atoms with van der Waals surface area (Å²) in [6.07, 6.45) is -6.14. The quantitative estimate of drug-likeness (QED) is 0.758. The summed E-state index contributed by atoms with van der Waals surface area (Å²) in [5.74, 6) is -9.16. The highest BCUT2D eigenvalue weighted by Crippen LogP contribution is 2.41. The fraction of sp³-hybridized carbons (Fsp3) is 0.375. The van der Waals surface area contributed by atoms with Gasteiger partial charge in [-0.3, -0.25) is 0 Å². The second-order valence-electron chi connectivity index (χ2n) is 3.21. The first kappa shape index (κ1) is 14.5. The molecule has 0 bridgehead atoms. The first-order chi connectivity index (χ1) is 8.52. The van der Waals surface area contributed by atoms with Gasteiger partial charge in [-0.2, -0.15) is 32.5 Å². The summed E-state index contributed by atoms with van der Waals surface area (Å²) in [4.78, 5) is 15.7. The molecule has 0 atom stereocenters. The van der Waals surface area contributed by atoms with Crippen molar-refractivity contribution in [1.82, 2.24) is 0 Å². The average Bonchev–Trinajstić information content (AvgIpc) is 2.68. The molecule has 1 rings (SSSR count). The smallest absolute Gasteiger partial charge is 0.459 e. The van der Waals surface area contributed by atoms with Gasteiger partial charge in [0.1, 0.15) is 12.1 Å². The molecule has 0 amide bonds. The van der Waals surface area contributed by atoms with Crippen molar-refractivity contribution in [1.29, 1.82) is 10.5 Å². The van der Waals surface area contributed by atoms with Gasteiger partial charge in [-0.1, -0.05) is 0 Å². The van der Waals surface area contributed by atoms with Crippen LogP contribution >= 0.6 is 0 Å². The third kappa shape index (κ3) is 1.99. The zero-order chi connectivity index (χ0) is 15.1. The minimum Gasteiger partial charge on any atom is -0.475 e. The van der Waals surface area contributed by atoms with Crippen molar-refractivity contribution in [2.75, 3.05) is 0 Å². The van der Waals surface area contributed by atoms with E-state index in [9.17, 15) is 26.7 Å². The van der Waals surface area contributed by atoms with E-state index in [1.807, 2.05) is 0 Å². The summed E-state index contributed by atoms with van der Waals surface area (Å²) >= 11 is 0. The van der Waals surface area contributed by atoms with Gasteiger partial charge in [-0.15, -0.1) is 0 Å². The normalized spacial score (nSPS) is 18.1. The Hall–Kier alpha value is -2.56. The number of aliphatic imine (C=N–C) groups is 2. The topological polar surface area (TPSA) is 110 Å². The molecule has 1 aliphatic heterocycles. The van der Waals surface area contributed by atoms with Gasteiger partial charge in [0.15, 0.2) is 5.71 Å². The monoisotopic (exact) mass is 280 g/mol. The number of hydrogen-bond acceptors (Lipinski definition) is 5. The number of nitriles is 2. The molecule has 0 aliphatic carbocycles. The number of carboxylic acids is 1. The Bertz CT molecular complexity index is 563. The zero-order valence-corrected chi connectivity index (χ0v) is 8.53. The third-order valence-electron chi connectivity index (χ3n) is 2.00. The molecule has 0 aromatic heterocycles. The number of aliphatic carboxylic acids is 1. The maximum absolute atomic E-state index is 13.1. The van der Waals surface area contributed by atoms with E-state index in [2.05, 4.69) is 9.98 Å². The van der Waals surface area contributed by atoms with E-state index in [1.54, 1.807) is 0 Å². The largest absolute Gasteiger partial charge is 0.475 e. The highest BCUT2D eigenvalue weighted by molar-refractivity contribution is 6.40. The highest BCUT2D eigenvalue weighted by atomic mass is 19.4. The standard InChI is InChI=1S/C8HF5N4O2/c9-7(10,8(11,12)13)5-6(1-14,2-15)17-3(16-5)4(18)19/h(H,18,19). The summed E-state index contributed by atoms with van der Waals surface area (Å²) in [5.41, 5.74) is -5.58. The van der Waals surface area contributed by atoms with E-state index in [1.165, 1.54) is 0 Å². The molecule has 1 aliphatic rings. The van der Waals surface area contributed by atoms with Crippen LogP contribution < -0.4 is 0 Å². The Morgan fingerprint density at radius 2 is 1.68 bits per heavy atom. The Morgan fingerprint density at radius 1 is 1.21 bits per heavy atom. The Balaban J connectivity index is 3.53. The molecule has 0 radical (unpaired) electrons. The van der Waals surface area contributed by atoms with E-state index >= 15 is 0 Å². The predicted molar refractivity (Wildman–Crippen MR) is 47.5 cm³/mol. The Labute approximate surface area is 101 Å². The van der Waals surface area contributed by atoms with Gasteiger partial charge in [0, 0.05) is 0 Å². The lowest BCUT2D eigenvalue weighted by molar-refractivity contribution is -0.250. The summed E-state index contributed by atoms with van der Waals surface area (Å²) in [7, 11) is 0. The SMILES string of the molecule is N#CC1(C#N)N=C(C(=O)O)N=C1C(F)(F)C(F)(F)F. The Kier molecular flexibility index (Phi) is 3.04. The van der Waals surface area contributed by atoms with E-state index < -0.39 is 35.2 Å². The first-order valence-electron chi connectivity index (χ1n) is 4.21. The molecule has 1 N–H and O–H groups in total. The van der Waals surface area contributed by atoms with Crippen LogP contribution in [0.1, 0.15) is 0 Å². The van der Waals surface area contributed by atoms with Gasteiger partial charge in [0.2, 0.25) is 5.84 Å². The molecule has 0 spiro atoms. The lowest BCUT2D eigenvalue weighted by Gasteiger charge is -2.23. The molecule has 0 aromatic rings. The van der Waals surface area contributed by atoms with Gasteiger partial charge >= 0.3 is 18.1 Å². The van der Waals surface area contributed by atoms with Crippen LogP contribution in [0.15, 0.2) is 9.98 Å². The molecular formula is C8HF5N4O2. The van der Waals surface area contributed by atoms with Crippen molar-refractivity contribution in [2.45, 2.75) is 17.6 Å². The van der Waals surface area contributed by atoms with Crippen LogP contribution in [0.25, 0.3) is 0 Å². The van der Waals surface area contributed by atoms with Crippen molar-refractivity contribution in [3.63, 3.8) is 0 Å². The van der Waals surface area contributed by atoms with Crippen LogP contribution in [0.2, 0.25) is 0 Å². The first-order valence-corrected chi connectivity index (χ1v) is 4.21. The minimum atomic E-state index is -6.14. The van der Waals surface area contributed by atoms with Crippen LogP contribution in [0.5, 0.6) is 0 Å². The number of amidine groups is 1.